The first kappa shape index (κ1) is 26.4. The monoisotopic (exact) mass is 552 g/mol. The van der Waals surface area contributed by atoms with Crippen molar-refractivity contribution in [1.29, 1.82) is 0 Å². The number of fused-ring (bicyclic) bond motifs is 1. The predicted octanol–water partition coefficient (Wildman–Crippen LogP) is 6.51. The van der Waals surface area contributed by atoms with E-state index in [4.69, 9.17) is 9.40 Å². The molecule has 1 N–H and O–H groups in total. The Morgan fingerprint density at radius 1 is 1.18 bits per heavy atom. The molecule has 4 heterocycles. The zero-order chi connectivity index (χ0) is 26.9. The number of para-hydroxylation sites is 1. The summed E-state index contributed by atoms with van der Waals surface area (Å²) in [6.07, 6.45) is 0.696. The minimum atomic E-state index is -0.874. The number of hydrogen-bond donors (Lipinski definition) is 1. The average Bonchev–Trinajstić information content (AvgIpc) is 3.66. The van der Waals surface area contributed by atoms with Crippen LogP contribution >= 0.6 is 22.7 Å². The van der Waals surface area contributed by atoms with Crippen LogP contribution in [0, 0.1) is 0 Å². The maximum Gasteiger partial charge on any atom is 0.408 e. The van der Waals surface area contributed by atoms with Crippen molar-refractivity contribution in [2.75, 3.05) is 31.1 Å². The van der Waals surface area contributed by atoms with Gasteiger partial charge in [0.15, 0.2) is 10.9 Å². The molecule has 38 heavy (non-hydrogen) atoms. The zero-order valence-electron chi connectivity index (χ0n) is 21.8. The zero-order valence-corrected chi connectivity index (χ0v) is 23.4. The van der Waals surface area contributed by atoms with E-state index in [9.17, 15) is 14.7 Å². The molecule has 1 saturated heterocycles. The molecule has 3 aromatic heterocycles. The number of rotatable bonds is 8. The van der Waals surface area contributed by atoms with Crippen LogP contribution in [0.1, 0.15) is 43.3 Å². The summed E-state index contributed by atoms with van der Waals surface area (Å²) in [5, 5.41) is 15.2. The van der Waals surface area contributed by atoms with Crippen molar-refractivity contribution in [3.63, 3.8) is 0 Å². The number of aromatic nitrogens is 1. The number of anilines is 1. The largest absolute Gasteiger partial charge is 0.465 e. The Labute approximate surface area is 230 Å². The summed E-state index contributed by atoms with van der Waals surface area (Å²) in [5.41, 5.74) is 1.07. The number of hydrogen-bond acceptors (Lipinski definition) is 7. The van der Waals surface area contributed by atoms with Crippen molar-refractivity contribution in [3.05, 3.63) is 58.1 Å². The molecule has 1 unspecified atom stereocenters. The van der Waals surface area contributed by atoms with E-state index in [1.165, 1.54) is 22.7 Å². The Bertz CT molecular complexity index is 1370. The maximum absolute atomic E-state index is 13.4. The normalized spacial score (nSPS) is 16.2. The number of carboxylic acid groups (broad SMARTS) is 1. The highest BCUT2D eigenvalue weighted by molar-refractivity contribution is 7.14. The van der Waals surface area contributed by atoms with Crippen molar-refractivity contribution < 1.29 is 19.1 Å². The van der Waals surface area contributed by atoms with Crippen LogP contribution in [0.2, 0.25) is 0 Å². The van der Waals surface area contributed by atoms with Crippen LogP contribution in [0.4, 0.5) is 9.93 Å². The van der Waals surface area contributed by atoms with Crippen LogP contribution in [-0.2, 0) is 0 Å². The lowest BCUT2D eigenvalue weighted by Gasteiger charge is -2.38. The Kier molecular flexibility index (Phi) is 7.56. The van der Waals surface area contributed by atoms with Gasteiger partial charge in [-0.05, 0) is 63.7 Å². The second kappa shape index (κ2) is 10.9. The van der Waals surface area contributed by atoms with E-state index < -0.39 is 11.6 Å². The van der Waals surface area contributed by atoms with Crippen LogP contribution in [-0.4, -0.2) is 69.7 Å². The molecule has 5 rings (SSSR count). The summed E-state index contributed by atoms with van der Waals surface area (Å²) in [6.45, 7) is 8.66. The lowest BCUT2D eigenvalue weighted by Crippen LogP contribution is -2.52. The van der Waals surface area contributed by atoms with Gasteiger partial charge in [0.1, 0.15) is 11.3 Å². The van der Waals surface area contributed by atoms with Gasteiger partial charge in [-0.3, -0.25) is 14.6 Å². The van der Waals surface area contributed by atoms with E-state index >= 15 is 0 Å². The third kappa shape index (κ3) is 5.62. The van der Waals surface area contributed by atoms with Gasteiger partial charge in [-0.25, -0.2) is 9.78 Å². The third-order valence-corrected chi connectivity index (χ3v) is 8.50. The fourth-order valence-corrected chi connectivity index (χ4v) is 6.61. The first-order valence-electron chi connectivity index (χ1n) is 12.7. The Hall–Kier alpha value is -3.21. The minimum Gasteiger partial charge on any atom is -0.465 e. The summed E-state index contributed by atoms with van der Waals surface area (Å²) in [4.78, 5) is 36.4. The van der Waals surface area contributed by atoms with E-state index in [2.05, 4.69) is 4.90 Å². The Morgan fingerprint density at radius 3 is 2.71 bits per heavy atom. The molecule has 1 aromatic carbocycles. The first-order valence-corrected chi connectivity index (χ1v) is 14.5. The van der Waals surface area contributed by atoms with Crippen molar-refractivity contribution in [1.82, 2.24) is 14.8 Å². The highest BCUT2D eigenvalue weighted by atomic mass is 32.1. The molecule has 4 aromatic rings. The summed E-state index contributed by atoms with van der Waals surface area (Å²) in [7, 11) is 0. The van der Waals surface area contributed by atoms with E-state index in [1.807, 2.05) is 74.0 Å². The number of thiophene rings is 1. The van der Waals surface area contributed by atoms with E-state index in [0.717, 1.165) is 36.9 Å². The van der Waals surface area contributed by atoms with Crippen LogP contribution < -0.4 is 4.90 Å². The van der Waals surface area contributed by atoms with Gasteiger partial charge in [-0.1, -0.05) is 24.3 Å². The van der Waals surface area contributed by atoms with Crippen molar-refractivity contribution in [2.45, 2.75) is 45.2 Å². The molecule has 1 aliphatic heterocycles. The average molecular weight is 553 g/mol. The second-order valence-electron chi connectivity index (χ2n) is 10.5. The van der Waals surface area contributed by atoms with Gasteiger partial charge in [-0.15, -0.1) is 22.7 Å². The smallest absolute Gasteiger partial charge is 0.408 e. The Morgan fingerprint density at radius 2 is 2.00 bits per heavy atom. The van der Waals surface area contributed by atoms with Crippen molar-refractivity contribution >= 4 is 50.8 Å². The van der Waals surface area contributed by atoms with Gasteiger partial charge in [0.2, 0.25) is 0 Å². The molecule has 2 amide bonds. The first-order chi connectivity index (χ1) is 18.2. The quantitative estimate of drug-likeness (QED) is 0.268. The lowest BCUT2D eigenvalue weighted by atomic mass is 10.0. The molecule has 1 aliphatic rings. The van der Waals surface area contributed by atoms with Gasteiger partial charge in [0.05, 0.1) is 4.88 Å². The molecule has 8 nitrogen and oxygen atoms in total. The number of carbonyl (C=O) groups is 2. The fourth-order valence-electron chi connectivity index (χ4n) is 5.10. The molecule has 0 bridgehead atoms. The minimum absolute atomic E-state index is 0.0262. The standard InChI is InChI=1S/C28H32N4O4S2/c1-28(2,3)32(27(34)35)20-11-14-30(17-20)12-7-13-31(25(33)24-10-6-15-37-24)26-29-21(18-38-26)23-16-19-8-4-5-9-22(19)36-23/h4-6,8-10,15-16,18,20H,7,11-14,17H2,1-3H3,(H,34,35). The summed E-state index contributed by atoms with van der Waals surface area (Å²) in [5.74, 6) is 0.622. The van der Waals surface area contributed by atoms with Crippen LogP contribution in [0.25, 0.3) is 22.4 Å². The van der Waals surface area contributed by atoms with Gasteiger partial charge < -0.3 is 14.4 Å². The number of carbonyl (C=O) groups excluding carboxylic acids is 1. The molecular formula is C28H32N4O4S2. The summed E-state index contributed by atoms with van der Waals surface area (Å²) >= 11 is 2.86. The number of furan rings is 1. The molecule has 10 heteroatoms. The summed E-state index contributed by atoms with van der Waals surface area (Å²) < 4.78 is 5.99. The maximum atomic E-state index is 13.4. The molecular weight excluding hydrogens is 520 g/mol. The molecule has 200 valence electrons. The van der Waals surface area contributed by atoms with Crippen LogP contribution in [0.15, 0.2) is 57.6 Å². The molecule has 0 radical (unpaired) electrons. The summed E-state index contributed by atoms with van der Waals surface area (Å²) in [6, 6.07) is 13.5. The second-order valence-corrected chi connectivity index (χ2v) is 12.3. The number of thiazole rings is 1. The van der Waals surface area contributed by atoms with E-state index in [1.54, 1.807) is 9.80 Å². The van der Waals surface area contributed by atoms with Crippen molar-refractivity contribution in [2.24, 2.45) is 0 Å². The van der Waals surface area contributed by atoms with E-state index in [-0.39, 0.29) is 11.9 Å². The van der Waals surface area contributed by atoms with Gasteiger partial charge >= 0.3 is 6.09 Å². The highest BCUT2D eigenvalue weighted by Gasteiger charge is 2.37. The number of benzene rings is 1. The fraction of sp³-hybridized carbons (Fsp3) is 0.393. The van der Waals surface area contributed by atoms with Gasteiger partial charge in [0.25, 0.3) is 5.91 Å². The predicted molar refractivity (Wildman–Crippen MR) is 152 cm³/mol. The number of likely N-dealkylation sites (tertiary alicyclic amines) is 1. The highest BCUT2D eigenvalue weighted by Crippen LogP contribution is 2.33. The Balaban J connectivity index is 1.28. The molecule has 0 spiro atoms. The number of amides is 2. The lowest BCUT2D eigenvalue weighted by molar-refractivity contribution is 0.0720. The van der Waals surface area contributed by atoms with Crippen LogP contribution in [0.3, 0.4) is 0 Å². The molecule has 0 aliphatic carbocycles. The molecule has 0 saturated carbocycles. The third-order valence-electron chi connectivity index (χ3n) is 6.78. The van der Waals surface area contributed by atoms with Crippen molar-refractivity contribution in [3.8, 4) is 11.5 Å². The van der Waals surface area contributed by atoms with Gasteiger partial charge in [-0.2, -0.15) is 0 Å². The molecule has 1 fully saturated rings. The van der Waals surface area contributed by atoms with Gasteiger partial charge in [0, 0.05) is 42.0 Å². The number of nitrogens with zero attached hydrogens (tertiary/aromatic N) is 4. The van der Waals surface area contributed by atoms with E-state index in [0.29, 0.717) is 34.6 Å². The SMILES string of the molecule is CC(C)(C)N(C(=O)O)C1CCN(CCCN(C(=O)c2cccs2)c2nc(-c3cc4ccccc4o3)cs2)C1. The topological polar surface area (TPSA) is 90.1 Å². The van der Waals surface area contributed by atoms with Crippen LogP contribution in [0.5, 0.6) is 0 Å². The molecule has 1 atom stereocenters.